The second kappa shape index (κ2) is 8.92. The number of nitrogens with zero attached hydrogens (tertiary/aromatic N) is 2. The molecule has 22 heavy (non-hydrogen) atoms. The van der Waals surface area contributed by atoms with E-state index in [-0.39, 0.29) is 12.5 Å². The van der Waals surface area contributed by atoms with Gasteiger partial charge in [0, 0.05) is 32.7 Å². The highest BCUT2D eigenvalue weighted by molar-refractivity contribution is 5.81. The van der Waals surface area contributed by atoms with Gasteiger partial charge in [0.1, 0.15) is 11.8 Å². The van der Waals surface area contributed by atoms with Crippen molar-refractivity contribution < 1.29 is 14.6 Å². The minimum atomic E-state index is -0.781. The molecule has 1 amide bonds. The monoisotopic (exact) mass is 309 g/mol. The average molecular weight is 309 g/mol. The molecule has 2 aliphatic rings. The van der Waals surface area contributed by atoms with Crippen molar-refractivity contribution in [3.8, 4) is 0 Å². The molecule has 3 N–H and O–H groups in total. The van der Waals surface area contributed by atoms with Crippen LogP contribution in [0.1, 0.15) is 19.3 Å². The summed E-state index contributed by atoms with van der Waals surface area (Å²) in [5.74, 6) is 0.834. The highest BCUT2D eigenvalue weighted by Crippen LogP contribution is 2.11. The Hall–Kier alpha value is -1.37. The Bertz CT molecular complexity index is 415. The lowest BCUT2D eigenvalue weighted by molar-refractivity contribution is -0.135. The lowest BCUT2D eigenvalue weighted by atomic mass is 10.2. The number of aliphatic hydroxyl groups is 1. The van der Waals surface area contributed by atoms with Crippen molar-refractivity contribution in [3.05, 3.63) is 24.0 Å². The van der Waals surface area contributed by atoms with Crippen molar-refractivity contribution in [2.24, 2.45) is 5.73 Å². The number of aliphatic hydroxyl groups excluding tert-OH is 1. The van der Waals surface area contributed by atoms with Gasteiger partial charge in [-0.25, -0.2) is 0 Å². The molecular formula is C16H27N3O3. The number of piperazine rings is 1. The van der Waals surface area contributed by atoms with Gasteiger partial charge in [-0.05, 0) is 31.4 Å². The maximum absolute atomic E-state index is 11.9. The predicted octanol–water partition coefficient (Wildman–Crippen LogP) is 0.0908. The zero-order chi connectivity index (χ0) is 15.8. The van der Waals surface area contributed by atoms with E-state index >= 15 is 0 Å². The second-order valence-corrected chi connectivity index (χ2v) is 5.74. The molecule has 0 spiro atoms. The van der Waals surface area contributed by atoms with E-state index in [0.717, 1.165) is 51.3 Å². The van der Waals surface area contributed by atoms with Crippen molar-refractivity contribution in [2.45, 2.75) is 25.3 Å². The molecular weight excluding hydrogens is 282 g/mol. The van der Waals surface area contributed by atoms with Crippen molar-refractivity contribution in [2.75, 3.05) is 45.9 Å². The van der Waals surface area contributed by atoms with Gasteiger partial charge in [0.25, 0.3) is 0 Å². The SMILES string of the molecule is N[C@H](CO)C(=O)N1CCN(CCCOC2=CCCC=C2)CC1. The largest absolute Gasteiger partial charge is 0.494 e. The van der Waals surface area contributed by atoms with Gasteiger partial charge in [-0.15, -0.1) is 0 Å². The molecule has 2 rings (SSSR count). The summed E-state index contributed by atoms with van der Waals surface area (Å²) in [6.07, 6.45) is 9.47. The fourth-order valence-corrected chi connectivity index (χ4v) is 2.68. The van der Waals surface area contributed by atoms with Crippen LogP contribution < -0.4 is 5.73 Å². The van der Waals surface area contributed by atoms with Crippen molar-refractivity contribution in [3.63, 3.8) is 0 Å². The van der Waals surface area contributed by atoms with Gasteiger partial charge >= 0.3 is 0 Å². The molecule has 0 bridgehead atoms. The van der Waals surface area contributed by atoms with Gasteiger partial charge in [-0.1, -0.05) is 6.08 Å². The average Bonchev–Trinajstić information content (AvgIpc) is 2.59. The number of allylic oxidation sites excluding steroid dienone is 3. The summed E-state index contributed by atoms with van der Waals surface area (Å²) < 4.78 is 5.72. The van der Waals surface area contributed by atoms with Crippen LogP contribution in [0.25, 0.3) is 0 Å². The Morgan fingerprint density at radius 2 is 2.09 bits per heavy atom. The predicted molar refractivity (Wildman–Crippen MR) is 85.1 cm³/mol. The van der Waals surface area contributed by atoms with Crippen LogP contribution in [-0.2, 0) is 9.53 Å². The molecule has 1 aliphatic heterocycles. The topological polar surface area (TPSA) is 79.0 Å². The van der Waals surface area contributed by atoms with E-state index in [4.69, 9.17) is 15.6 Å². The lowest BCUT2D eigenvalue weighted by Gasteiger charge is -2.35. The zero-order valence-corrected chi connectivity index (χ0v) is 13.1. The van der Waals surface area contributed by atoms with Gasteiger partial charge in [-0.3, -0.25) is 9.69 Å². The molecule has 6 nitrogen and oxygen atoms in total. The van der Waals surface area contributed by atoms with Gasteiger partial charge in [-0.2, -0.15) is 0 Å². The number of hydrogen-bond donors (Lipinski definition) is 2. The quantitative estimate of drug-likeness (QED) is 0.652. The van der Waals surface area contributed by atoms with Crippen LogP contribution in [0.2, 0.25) is 0 Å². The molecule has 1 saturated heterocycles. The van der Waals surface area contributed by atoms with Crippen LogP contribution in [-0.4, -0.2) is 72.8 Å². The molecule has 0 radical (unpaired) electrons. The number of amides is 1. The van der Waals surface area contributed by atoms with E-state index in [9.17, 15) is 4.79 Å². The molecule has 0 aromatic rings. The van der Waals surface area contributed by atoms with E-state index in [1.54, 1.807) is 4.90 Å². The van der Waals surface area contributed by atoms with Gasteiger partial charge in [0.2, 0.25) is 5.91 Å². The first-order valence-electron chi connectivity index (χ1n) is 8.08. The summed E-state index contributed by atoms with van der Waals surface area (Å²) in [4.78, 5) is 15.9. The summed E-state index contributed by atoms with van der Waals surface area (Å²) in [6.45, 7) is 4.48. The van der Waals surface area contributed by atoms with E-state index < -0.39 is 6.04 Å². The number of carbonyl (C=O) groups excluding carboxylic acids is 1. The number of hydrogen-bond acceptors (Lipinski definition) is 5. The summed E-state index contributed by atoms with van der Waals surface area (Å²) >= 11 is 0. The maximum Gasteiger partial charge on any atom is 0.241 e. The van der Waals surface area contributed by atoms with Crippen molar-refractivity contribution in [1.29, 1.82) is 0 Å². The first-order valence-corrected chi connectivity index (χ1v) is 8.08. The first-order chi connectivity index (χ1) is 10.7. The molecule has 0 unspecified atom stereocenters. The molecule has 0 aromatic heterocycles. The summed E-state index contributed by atoms with van der Waals surface area (Å²) in [5, 5.41) is 8.93. The number of rotatable bonds is 7. The van der Waals surface area contributed by atoms with Crippen LogP contribution in [0.3, 0.4) is 0 Å². The minimum absolute atomic E-state index is 0.151. The molecule has 1 aliphatic carbocycles. The van der Waals surface area contributed by atoms with Gasteiger partial charge < -0.3 is 20.5 Å². The highest BCUT2D eigenvalue weighted by Gasteiger charge is 2.24. The Kier molecular flexibility index (Phi) is 6.89. The molecule has 0 aromatic carbocycles. The van der Waals surface area contributed by atoms with Crippen molar-refractivity contribution >= 4 is 5.91 Å². The van der Waals surface area contributed by atoms with Crippen LogP contribution in [0.5, 0.6) is 0 Å². The Balaban J connectivity index is 1.58. The zero-order valence-electron chi connectivity index (χ0n) is 13.1. The Morgan fingerprint density at radius 3 is 2.73 bits per heavy atom. The van der Waals surface area contributed by atoms with Crippen molar-refractivity contribution in [1.82, 2.24) is 9.80 Å². The fourth-order valence-electron chi connectivity index (χ4n) is 2.68. The molecule has 1 fully saturated rings. The van der Waals surface area contributed by atoms with Gasteiger partial charge in [0.05, 0.1) is 13.2 Å². The van der Waals surface area contributed by atoms with E-state index in [0.29, 0.717) is 13.1 Å². The molecule has 6 heteroatoms. The molecule has 1 heterocycles. The third kappa shape index (κ3) is 5.12. The lowest BCUT2D eigenvalue weighted by Crippen LogP contribution is -2.54. The Morgan fingerprint density at radius 1 is 1.32 bits per heavy atom. The van der Waals surface area contributed by atoms with Crippen LogP contribution in [0, 0.1) is 0 Å². The fraction of sp³-hybridized carbons (Fsp3) is 0.688. The highest BCUT2D eigenvalue weighted by atomic mass is 16.5. The summed E-state index contributed by atoms with van der Waals surface area (Å²) in [6, 6.07) is -0.781. The van der Waals surface area contributed by atoms with Gasteiger partial charge in [0.15, 0.2) is 0 Å². The van der Waals surface area contributed by atoms with Crippen LogP contribution in [0.15, 0.2) is 24.0 Å². The van der Waals surface area contributed by atoms with E-state index in [1.807, 2.05) is 6.08 Å². The van der Waals surface area contributed by atoms with Crippen LogP contribution in [0.4, 0.5) is 0 Å². The molecule has 124 valence electrons. The van der Waals surface area contributed by atoms with Crippen LogP contribution >= 0.6 is 0 Å². The van der Waals surface area contributed by atoms with E-state index in [2.05, 4.69) is 17.1 Å². The maximum atomic E-state index is 11.9. The number of carbonyl (C=O) groups is 1. The second-order valence-electron chi connectivity index (χ2n) is 5.74. The first kappa shape index (κ1) is 17.0. The smallest absolute Gasteiger partial charge is 0.241 e. The number of nitrogens with two attached hydrogens (primary N) is 1. The molecule has 1 atom stereocenters. The normalized spacial score (nSPS) is 20.6. The summed E-state index contributed by atoms with van der Waals surface area (Å²) in [7, 11) is 0. The summed E-state index contributed by atoms with van der Waals surface area (Å²) in [5.41, 5.74) is 5.57. The minimum Gasteiger partial charge on any atom is -0.494 e. The Labute approximate surface area is 132 Å². The standard InChI is InChI=1S/C16H27N3O3/c17-15(13-20)16(21)19-10-8-18(9-11-19)7-4-12-22-14-5-2-1-3-6-14/h2,5-6,15,20H,1,3-4,7-13,17H2/t15-/m1/s1. The third-order valence-corrected chi connectivity index (χ3v) is 4.05. The number of ether oxygens (including phenoxy) is 1. The van der Waals surface area contributed by atoms with E-state index in [1.165, 1.54) is 0 Å². The third-order valence-electron chi connectivity index (χ3n) is 4.05. The molecule has 0 saturated carbocycles.